The molecule has 1 aliphatic heterocycles. The molecule has 0 spiro atoms. The minimum atomic E-state index is 0.270. The van der Waals surface area contributed by atoms with Crippen LogP contribution in [0.25, 0.3) is 0 Å². The van der Waals surface area contributed by atoms with E-state index in [9.17, 15) is 0 Å². The maximum Gasteiger partial charge on any atom is 0.122 e. The van der Waals surface area contributed by atoms with Crippen molar-refractivity contribution in [3.63, 3.8) is 0 Å². The summed E-state index contributed by atoms with van der Waals surface area (Å²) in [4.78, 5) is 2.56. The maximum atomic E-state index is 5.46. The fourth-order valence-corrected chi connectivity index (χ4v) is 2.90. The van der Waals surface area contributed by atoms with E-state index in [4.69, 9.17) is 4.74 Å². The number of hydrogen-bond donors (Lipinski definition) is 1. The minimum Gasteiger partial charge on any atom is -0.496 e. The van der Waals surface area contributed by atoms with Gasteiger partial charge in [0.25, 0.3) is 0 Å². The van der Waals surface area contributed by atoms with Crippen LogP contribution in [0.3, 0.4) is 0 Å². The first-order valence-corrected chi connectivity index (χ1v) is 7.16. The number of piperazine rings is 1. The average molecular weight is 262 g/mol. The second kappa shape index (κ2) is 6.40. The number of hydrogen-bond acceptors (Lipinski definition) is 3. The standard InChI is InChI=1S/C16H26N2O/c1-16(2,13-18-10-8-17-9-11-18)12-14-6-4-5-7-15(14)19-3/h4-7,17H,8-13H2,1-3H3. The van der Waals surface area contributed by atoms with Crippen molar-refractivity contribution in [3.05, 3.63) is 29.8 Å². The number of rotatable bonds is 5. The normalized spacial score (nSPS) is 17.4. The van der Waals surface area contributed by atoms with E-state index >= 15 is 0 Å². The summed E-state index contributed by atoms with van der Waals surface area (Å²) in [5, 5.41) is 3.41. The summed E-state index contributed by atoms with van der Waals surface area (Å²) in [5.74, 6) is 1.01. The van der Waals surface area contributed by atoms with Crippen molar-refractivity contribution < 1.29 is 4.74 Å². The van der Waals surface area contributed by atoms with Crippen LogP contribution >= 0.6 is 0 Å². The summed E-state index contributed by atoms with van der Waals surface area (Å²) in [6, 6.07) is 8.36. The highest BCUT2D eigenvalue weighted by molar-refractivity contribution is 5.34. The zero-order valence-electron chi connectivity index (χ0n) is 12.4. The van der Waals surface area contributed by atoms with Crippen molar-refractivity contribution >= 4 is 0 Å². The molecule has 1 fully saturated rings. The highest BCUT2D eigenvalue weighted by atomic mass is 16.5. The van der Waals surface area contributed by atoms with E-state index in [2.05, 4.69) is 42.3 Å². The van der Waals surface area contributed by atoms with Crippen LogP contribution in [0.2, 0.25) is 0 Å². The largest absolute Gasteiger partial charge is 0.496 e. The molecule has 0 unspecified atom stereocenters. The Hall–Kier alpha value is -1.06. The first kappa shape index (κ1) is 14.4. The molecular formula is C16H26N2O. The number of ether oxygens (including phenoxy) is 1. The van der Waals surface area contributed by atoms with Gasteiger partial charge in [-0.2, -0.15) is 0 Å². The zero-order valence-corrected chi connectivity index (χ0v) is 12.4. The molecule has 0 aliphatic carbocycles. The Balaban J connectivity index is 1.99. The molecule has 1 aromatic rings. The van der Waals surface area contributed by atoms with Gasteiger partial charge >= 0.3 is 0 Å². The third kappa shape index (κ3) is 4.22. The van der Waals surface area contributed by atoms with E-state index in [-0.39, 0.29) is 5.41 Å². The van der Waals surface area contributed by atoms with Gasteiger partial charge in [0, 0.05) is 32.7 Å². The van der Waals surface area contributed by atoms with E-state index in [0.29, 0.717) is 0 Å². The van der Waals surface area contributed by atoms with Crippen LogP contribution in [-0.2, 0) is 6.42 Å². The lowest BCUT2D eigenvalue weighted by Crippen LogP contribution is -2.47. The molecule has 1 saturated heterocycles. The summed E-state index contributed by atoms with van der Waals surface area (Å²) < 4.78 is 5.46. The van der Waals surface area contributed by atoms with Crippen LogP contribution in [0.4, 0.5) is 0 Å². The van der Waals surface area contributed by atoms with E-state index in [1.165, 1.54) is 5.56 Å². The van der Waals surface area contributed by atoms with Gasteiger partial charge in [-0.3, -0.25) is 0 Å². The maximum absolute atomic E-state index is 5.46. The topological polar surface area (TPSA) is 24.5 Å². The van der Waals surface area contributed by atoms with E-state index in [0.717, 1.165) is 44.9 Å². The first-order valence-electron chi connectivity index (χ1n) is 7.16. The van der Waals surface area contributed by atoms with Crippen molar-refractivity contribution in [2.24, 2.45) is 5.41 Å². The molecule has 0 amide bonds. The molecule has 0 atom stereocenters. The Bertz CT molecular complexity index is 397. The molecule has 3 nitrogen and oxygen atoms in total. The lowest BCUT2D eigenvalue weighted by molar-refractivity contribution is 0.159. The fourth-order valence-electron chi connectivity index (χ4n) is 2.90. The van der Waals surface area contributed by atoms with Crippen LogP contribution in [0, 0.1) is 5.41 Å². The Morgan fingerprint density at radius 1 is 1.21 bits per heavy atom. The number of benzene rings is 1. The second-order valence-corrected chi connectivity index (χ2v) is 6.18. The van der Waals surface area contributed by atoms with Gasteiger partial charge in [-0.1, -0.05) is 32.0 Å². The highest BCUT2D eigenvalue weighted by Gasteiger charge is 2.24. The molecule has 0 aromatic heterocycles. The number of methoxy groups -OCH3 is 1. The van der Waals surface area contributed by atoms with E-state index in [1.807, 2.05) is 6.07 Å². The molecule has 19 heavy (non-hydrogen) atoms. The number of para-hydroxylation sites is 1. The Labute approximate surface area is 116 Å². The molecule has 3 heteroatoms. The van der Waals surface area contributed by atoms with Gasteiger partial charge in [-0.05, 0) is 23.5 Å². The third-order valence-corrected chi connectivity index (χ3v) is 3.72. The lowest BCUT2D eigenvalue weighted by Gasteiger charge is -2.35. The molecule has 1 aliphatic rings. The molecular weight excluding hydrogens is 236 g/mol. The van der Waals surface area contributed by atoms with E-state index < -0.39 is 0 Å². The lowest BCUT2D eigenvalue weighted by atomic mass is 9.84. The smallest absolute Gasteiger partial charge is 0.122 e. The molecule has 106 valence electrons. The summed E-state index contributed by atoms with van der Waals surface area (Å²) in [6.07, 6.45) is 1.06. The molecule has 1 heterocycles. The summed E-state index contributed by atoms with van der Waals surface area (Å²) in [5.41, 5.74) is 1.58. The van der Waals surface area contributed by atoms with Gasteiger partial charge in [-0.25, -0.2) is 0 Å². The van der Waals surface area contributed by atoms with Crippen molar-refractivity contribution in [1.82, 2.24) is 10.2 Å². The van der Waals surface area contributed by atoms with Crippen LogP contribution < -0.4 is 10.1 Å². The third-order valence-electron chi connectivity index (χ3n) is 3.72. The molecule has 0 saturated carbocycles. The van der Waals surface area contributed by atoms with Crippen molar-refractivity contribution in [2.75, 3.05) is 39.8 Å². The quantitative estimate of drug-likeness (QED) is 0.880. The minimum absolute atomic E-state index is 0.270. The predicted molar refractivity (Wildman–Crippen MR) is 79.8 cm³/mol. The van der Waals surface area contributed by atoms with Gasteiger partial charge in [0.15, 0.2) is 0 Å². The highest BCUT2D eigenvalue weighted by Crippen LogP contribution is 2.28. The van der Waals surface area contributed by atoms with Gasteiger partial charge in [-0.15, -0.1) is 0 Å². The first-order chi connectivity index (χ1) is 9.11. The van der Waals surface area contributed by atoms with Gasteiger partial charge in [0.05, 0.1) is 7.11 Å². The van der Waals surface area contributed by atoms with Crippen LogP contribution in [0.1, 0.15) is 19.4 Å². The van der Waals surface area contributed by atoms with Crippen molar-refractivity contribution in [2.45, 2.75) is 20.3 Å². The van der Waals surface area contributed by atoms with Crippen molar-refractivity contribution in [3.8, 4) is 5.75 Å². The van der Waals surface area contributed by atoms with Crippen molar-refractivity contribution in [1.29, 1.82) is 0 Å². The Morgan fingerprint density at radius 2 is 1.89 bits per heavy atom. The number of nitrogens with zero attached hydrogens (tertiary/aromatic N) is 1. The summed E-state index contributed by atoms with van der Waals surface area (Å²) in [7, 11) is 1.75. The average Bonchev–Trinajstić information content (AvgIpc) is 2.39. The molecule has 0 bridgehead atoms. The molecule has 1 aromatic carbocycles. The van der Waals surface area contributed by atoms with Crippen LogP contribution in [-0.4, -0.2) is 44.7 Å². The van der Waals surface area contributed by atoms with Gasteiger partial charge in [0.2, 0.25) is 0 Å². The SMILES string of the molecule is COc1ccccc1CC(C)(C)CN1CCNCC1. The van der Waals surface area contributed by atoms with Crippen LogP contribution in [0.15, 0.2) is 24.3 Å². The number of nitrogens with one attached hydrogen (secondary N) is 1. The zero-order chi connectivity index (χ0) is 13.7. The molecule has 2 rings (SSSR count). The summed E-state index contributed by atoms with van der Waals surface area (Å²) in [6.45, 7) is 10.4. The summed E-state index contributed by atoms with van der Waals surface area (Å²) >= 11 is 0. The molecule has 1 N–H and O–H groups in total. The fraction of sp³-hybridized carbons (Fsp3) is 0.625. The monoisotopic (exact) mass is 262 g/mol. The van der Waals surface area contributed by atoms with Gasteiger partial charge < -0.3 is 15.0 Å². The second-order valence-electron chi connectivity index (χ2n) is 6.18. The predicted octanol–water partition coefficient (Wildman–Crippen LogP) is 2.17. The molecule has 0 radical (unpaired) electrons. The van der Waals surface area contributed by atoms with Crippen LogP contribution in [0.5, 0.6) is 5.75 Å². The van der Waals surface area contributed by atoms with Gasteiger partial charge in [0.1, 0.15) is 5.75 Å². The Kier molecular flexibility index (Phi) is 4.83. The Morgan fingerprint density at radius 3 is 2.58 bits per heavy atom. The van der Waals surface area contributed by atoms with E-state index in [1.54, 1.807) is 7.11 Å².